The van der Waals surface area contributed by atoms with E-state index in [-0.39, 0.29) is 30.0 Å². The summed E-state index contributed by atoms with van der Waals surface area (Å²) in [5.74, 6) is 0.0687. The molecule has 1 aliphatic carbocycles. The molecule has 1 heterocycles. The van der Waals surface area contributed by atoms with Gasteiger partial charge >= 0.3 is 6.09 Å². The molecule has 7 nitrogen and oxygen atoms in total. The van der Waals surface area contributed by atoms with Crippen LogP contribution < -0.4 is 10.6 Å². The van der Waals surface area contributed by atoms with Crippen molar-refractivity contribution in [2.75, 3.05) is 20.6 Å². The van der Waals surface area contributed by atoms with E-state index in [4.69, 9.17) is 4.74 Å². The number of hydrogen-bond donors (Lipinski definition) is 2. The standard InChI is InChI=1S/C30H44N4O3/c1-19(28(35)33(8)9)20(2)31-21(3)26-15-12-16-34(26)22(4)27(32-29(36)37-30(5,6)7)25-17-23-13-10-11-14-24(23)18-25/h10-11,13-14,20,25-27,31H,1,3-4,12,15-18H2,2,5-9H3,(H,32,36). The van der Waals surface area contributed by atoms with Gasteiger partial charge in [0.1, 0.15) is 5.60 Å². The van der Waals surface area contributed by atoms with Crippen molar-refractivity contribution in [2.24, 2.45) is 5.92 Å². The van der Waals surface area contributed by atoms with Crippen LogP contribution in [0.3, 0.4) is 0 Å². The van der Waals surface area contributed by atoms with E-state index in [0.717, 1.165) is 43.6 Å². The highest BCUT2D eigenvalue weighted by atomic mass is 16.6. The van der Waals surface area contributed by atoms with Gasteiger partial charge in [-0.15, -0.1) is 0 Å². The average molecular weight is 509 g/mol. The predicted octanol–water partition coefficient (Wildman–Crippen LogP) is 4.41. The lowest BCUT2D eigenvalue weighted by Crippen LogP contribution is -2.50. The summed E-state index contributed by atoms with van der Waals surface area (Å²) in [5, 5.41) is 6.56. The molecule has 3 rings (SSSR count). The summed E-state index contributed by atoms with van der Waals surface area (Å²) in [5.41, 5.74) is 4.22. The fourth-order valence-corrected chi connectivity index (χ4v) is 5.32. The van der Waals surface area contributed by atoms with E-state index in [2.05, 4.69) is 59.5 Å². The molecule has 2 N–H and O–H groups in total. The zero-order chi connectivity index (χ0) is 27.5. The second-order valence-electron chi connectivity index (χ2n) is 11.5. The van der Waals surface area contributed by atoms with E-state index in [1.165, 1.54) is 16.0 Å². The third kappa shape index (κ3) is 6.96. The molecule has 1 aromatic rings. The summed E-state index contributed by atoms with van der Waals surface area (Å²) in [7, 11) is 3.44. The highest BCUT2D eigenvalue weighted by Gasteiger charge is 2.38. The summed E-state index contributed by atoms with van der Waals surface area (Å²) in [6.45, 7) is 21.1. The maximum atomic E-state index is 12.9. The number of likely N-dealkylation sites (N-methyl/N-ethyl adjacent to an activating group) is 1. The third-order valence-corrected chi connectivity index (χ3v) is 7.21. The molecule has 37 heavy (non-hydrogen) atoms. The Labute approximate surface area is 222 Å². The Morgan fingerprint density at radius 3 is 2.22 bits per heavy atom. The number of amides is 2. The van der Waals surface area contributed by atoms with Crippen molar-refractivity contribution in [3.8, 4) is 0 Å². The van der Waals surface area contributed by atoms with E-state index < -0.39 is 11.7 Å². The average Bonchev–Trinajstić information content (AvgIpc) is 3.47. The summed E-state index contributed by atoms with van der Waals surface area (Å²) in [4.78, 5) is 29.1. The van der Waals surface area contributed by atoms with Gasteiger partial charge in [-0.3, -0.25) is 4.79 Å². The van der Waals surface area contributed by atoms with E-state index in [0.29, 0.717) is 5.57 Å². The minimum absolute atomic E-state index is 0.00363. The van der Waals surface area contributed by atoms with Gasteiger partial charge in [-0.05, 0) is 70.4 Å². The molecule has 0 aromatic heterocycles. The number of ether oxygens (including phenoxy) is 1. The van der Waals surface area contributed by atoms with Crippen LogP contribution in [0.1, 0.15) is 51.7 Å². The smallest absolute Gasteiger partial charge is 0.408 e. The van der Waals surface area contributed by atoms with E-state index in [9.17, 15) is 9.59 Å². The Kier molecular flexibility index (Phi) is 8.77. The molecule has 3 atom stereocenters. The zero-order valence-corrected chi connectivity index (χ0v) is 23.4. The first kappa shape index (κ1) is 28.4. The summed E-state index contributed by atoms with van der Waals surface area (Å²) in [6, 6.07) is 7.93. The zero-order valence-electron chi connectivity index (χ0n) is 23.4. The fraction of sp³-hybridized carbons (Fsp3) is 0.533. The van der Waals surface area contributed by atoms with Crippen molar-refractivity contribution in [2.45, 2.75) is 77.1 Å². The Balaban J connectivity index is 1.77. The monoisotopic (exact) mass is 508 g/mol. The highest BCUT2D eigenvalue weighted by molar-refractivity contribution is 5.93. The SMILES string of the molecule is C=C(C(=O)N(C)C)C(C)NC(=C)C1CCCN1C(=C)C(NC(=O)OC(C)(C)C)C1Cc2ccccc2C1. The number of fused-ring (bicyclic) bond motifs is 1. The number of alkyl carbamates (subject to hydrolysis) is 1. The summed E-state index contributed by atoms with van der Waals surface area (Å²) >= 11 is 0. The molecular weight excluding hydrogens is 464 g/mol. The Hall–Kier alpha value is -3.22. The Morgan fingerprint density at radius 1 is 1.08 bits per heavy atom. The summed E-state index contributed by atoms with van der Waals surface area (Å²) < 4.78 is 5.63. The van der Waals surface area contributed by atoms with Crippen molar-refractivity contribution in [1.82, 2.24) is 20.4 Å². The van der Waals surface area contributed by atoms with E-state index in [1.807, 2.05) is 27.7 Å². The van der Waals surface area contributed by atoms with Gasteiger partial charge in [-0.25, -0.2) is 4.79 Å². The third-order valence-electron chi connectivity index (χ3n) is 7.21. The van der Waals surface area contributed by atoms with E-state index in [1.54, 1.807) is 14.1 Å². The maximum absolute atomic E-state index is 12.9. The first-order chi connectivity index (χ1) is 17.3. The number of rotatable bonds is 9. The van der Waals surface area contributed by atoms with Crippen LogP contribution in [0.15, 0.2) is 61.0 Å². The van der Waals surface area contributed by atoms with Crippen LogP contribution in [0.2, 0.25) is 0 Å². The quantitative estimate of drug-likeness (QED) is 0.484. The molecule has 0 saturated carbocycles. The molecule has 1 saturated heterocycles. The van der Waals surface area contributed by atoms with Crippen molar-refractivity contribution in [1.29, 1.82) is 0 Å². The number of nitrogens with one attached hydrogen (secondary N) is 2. The second-order valence-corrected chi connectivity index (χ2v) is 11.5. The topological polar surface area (TPSA) is 73.9 Å². The van der Waals surface area contributed by atoms with Crippen LogP contribution in [-0.2, 0) is 22.4 Å². The van der Waals surface area contributed by atoms with E-state index >= 15 is 0 Å². The van der Waals surface area contributed by atoms with Crippen LogP contribution in [0.4, 0.5) is 4.79 Å². The van der Waals surface area contributed by atoms with Crippen molar-refractivity contribution < 1.29 is 14.3 Å². The van der Waals surface area contributed by atoms with Crippen molar-refractivity contribution in [3.63, 3.8) is 0 Å². The molecule has 3 unspecified atom stereocenters. The number of hydrogen-bond acceptors (Lipinski definition) is 5. The van der Waals surface area contributed by atoms with Gasteiger partial charge in [-0.2, -0.15) is 0 Å². The molecule has 2 amide bonds. The molecule has 1 fully saturated rings. The molecule has 202 valence electrons. The lowest BCUT2D eigenvalue weighted by atomic mass is 9.93. The van der Waals surface area contributed by atoms with Gasteiger partial charge in [0, 0.05) is 37.6 Å². The number of carbonyl (C=O) groups excluding carboxylic acids is 2. The number of benzene rings is 1. The molecule has 1 aliphatic heterocycles. The van der Waals surface area contributed by atoms with Crippen molar-refractivity contribution in [3.05, 3.63) is 72.1 Å². The lowest BCUT2D eigenvalue weighted by Gasteiger charge is -2.38. The minimum Gasteiger partial charge on any atom is -0.444 e. The molecule has 7 heteroatoms. The normalized spacial score (nSPS) is 19.0. The van der Waals surface area contributed by atoms with Crippen LogP contribution >= 0.6 is 0 Å². The first-order valence-electron chi connectivity index (χ1n) is 13.2. The molecular formula is C30H44N4O3. The fourth-order valence-electron chi connectivity index (χ4n) is 5.32. The Morgan fingerprint density at radius 2 is 1.68 bits per heavy atom. The van der Waals surface area contributed by atoms with Gasteiger partial charge in [0.25, 0.3) is 5.91 Å². The lowest BCUT2D eigenvalue weighted by molar-refractivity contribution is -0.125. The largest absolute Gasteiger partial charge is 0.444 e. The van der Waals surface area contributed by atoms with Crippen LogP contribution in [0.5, 0.6) is 0 Å². The van der Waals surface area contributed by atoms with Gasteiger partial charge in [0.15, 0.2) is 0 Å². The van der Waals surface area contributed by atoms with Crippen LogP contribution in [-0.4, -0.2) is 66.2 Å². The van der Waals surface area contributed by atoms with Crippen LogP contribution in [0, 0.1) is 5.92 Å². The van der Waals surface area contributed by atoms with Gasteiger partial charge < -0.3 is 25.2 Å². The summed E-state index contributed by atoms with van der Waals surface area (Å²) in [6.07, 6.45) is 3.21. The molecule has 0 spiro atoms. The maximum Gasteiger partial charge on any atom is 0.408 e. The number of nitrogens with zero attached hydrogens (tertiary/aromatic N) is 2. The molecule has 0 bridgehead atoms. The molecule has 2 aliphatic rings. The van der Waals surface area contributed by atoms with Crippen LogP contribution in [0.25, 0.3) is 0 Å². The highest BCUT2D eigenvalue weighted by Crippen LogP contribution is 2.35. The molecule has 1 aromatic carbocycles. The Bertz CT molecular complexity index is 1030. The number of carbonyl (C=O) groups is 2. The van der Waals surface area contributed by atoms with Gasteiger partial charge in [0.2, 0.25) is 0 Å². The number of likely N-dealkylation sites (tertiary alicyclic amines) is 1. The van der Waals surface area contributed by atoms with Crippen molar-refractivity contribution >= 4 is 12.0 Å². The first-order valence-corrected chi connectivity index (χ1v) is 13.2. The van der Waals surface area contributed by atoms with Gasteiger partial charge in [0.05, 0.1) is 18.1 Å². The van der Waals surface area contributed by atoms with Gasteiger partial charge in [-0.1, -0.05) is 44.0 Å². The second kappa shape index (κ2) is 11.4. The predicted molar refractivity (Wildman–Crippen MR) is 149 cm³/mol. The minimum atomic E-state index is -0.592. The molecule has 0 radical (unpaired) electrons.